The molecule has 0 amide bonds. The summed E-state index contributed by atoms with van der Waals surface area (Å²) in [6.45, 7) is 25.9. The smallest absolute Gasteiger partial charge is 0.146 e. The van der Waals surface area contributed by atoms with Crippen LogP contribution in [0.2, 0.25) is 0 Å². The molecular formula is C104H108FN33O2. The second-order valence-corrected chi connectivity index (χ2v) is 35.4. The lowest BCUT2D eigenvalue weighted by molar-refractivity contribution is 0.302. The molecule has 0 spiro atoms. The third-order valence-corrected chi connectivity index (χ3v) is 27.0. The highest BCUT2D eigenvalue weighted by Crippen LogP contribution is 2.49. The summed E-state index contributed by atoms with van der Waals surface area (Å²) >= 11 is 0. The highest BCUT2D eigenvalue weighted by molar-refractivity contribution is 6.13. The largest absolute Gasteiger partial charge is 0.494 e. The van der Waals surface area contributed by atoms with Crippen molar-refractivity contribution >= 4 is 133 Å². The van der Waals surface area contributed by atoms with Crippen LogP contribution in [0.3, 0.4) is 0 Å². The van der Waals surface area contributed by atoms with E-state index in [-0.39, 0.29) is 23.4 Å². The van der Waals surface area contributed by atoms with Crippen molar-refractivity contribution < 1.29 is 14.5 Å². The van der Waals surface area contributed by atoms with Crippen molar-refractivity contribution in [2.75, 3.05) is 69.0 Å². The standard InChI is InChI=1S/C19H25N7.C19H16N6.C19H23N5O.C18H20N6O.C15H12N4.C14H11N5.FH/c1-4-26(3)8-7-20-18-9-17(13-10-21-24-12(13)2)23-16-6-5-15-14(19(16)18)11-22-25-15;1-10-14(8-21-24-10)19-13-5-3-2-4-12(13)17-15-9-22-25-16(15)6-11(7-20)18(17)23-19;1-5-6-12-10(2)17-14-9-21-24-19(14)16(25-4)7-15(17)22-18(12)13-8-20-23-11(13)3;1-3-24(6-7-25)17-8-16(12-9-19-22-11(12)2)21-15-5-4-14-13(18(15)17)10-20-23-14;1-9-12(8-17-19-9)15-5-3-11-13-7-16-6-10(13)2-4-14(11)18-15;1-8-11(7-16-18-8)12-5-4-9-2-3-10-6-15-19-14(10)13(9)17-12;/h5-6,9-11,17,20,23H,4,7-8H2,1-3H3,(H,21,24)(H,22,25);6,8-9H,2-5H2,1H3,(H,21,24)(H,22,25);7-9,18,22H,5-6H2,1-4H3,(H,20,23)(H,21,24);4-5,8-10,25H,3,6-7H2,1-2H3,(H,19,22)(H,20,23);2-6,8H,7H2,1H3,(H,17,19);2-7H,1H3,(H,15,19)(H,16,18);1H. The molecule has 0 bridgehead atoms. The zero-order valence-electron chi connectivity index (χ0n) is 79.8. The summed E-state index contributed by atoms with van der Waals surface area (Å²) in [4.78, 5) is 28.1. The van der Waals surface area contributed by atoms with Crippen LogP contribution >= 0.6 is 0 Å². The predicted octanol–water partition coefficient (Wildman–Crippen LogP) is 19.0. The van der Waals surface area contributed by atoms with Crippen LogP contribution in [0.5, 0.6) is 5.75 Å². The van der Waals surface area contributed by atoms with E-state index in [0.29, 0.717) is 12.1 Å². The molecule has 3 aliphatic heterocycles. The maximum absolute atomic E-state index is 9.67. The Hall–Kier alpha value is -16.9. The van der Waals surface area contributed by atoms with Crippen molar-refractivity contribution in [3.05, 3.63) is 255 Å². The lowest BCUT2D eigenvalue weighted by Gasteiger charge is -2.32. The predicted molar refractivity (Wildman–Crippen MR) is 550 cm³/mol. The number of fused-ring (bicyclic) bond motifs is 20. The summed E-state index contributed by atoms with van der Waals surface area (Å²) in [5.74, 6) is 0.799. The number of H-pyrrole nitrogens is 11. The van der Waals surface area contributed by atoms with Gasteiger partial charge >= 0.3 is 0 Å². The molecule has 0 fully saturated rings. The number of aliphatic hydroxyl groups excluding tert-OH is 1. The number of halogens is 1. The van der Waals surface area contributed by atoms with Crippen molar-refractivity contribution in [2.45, 2.75) is 126 Å². The van der Waals surface area contributed by atoms with Crippen LogP contribution in [-0.2, 0) is 19.4 Å². The Kier molecular flexibility index (Phi) is 26.2. The molecule has 0 saturated carbocycles. The minimum absolute atomic E-state index is 0. The van der Waals surface area contributed by atoms with Crippen LogP contribution in [0.1, 0.15) is 150 Å². The maximum Gasteiger partial charge on any atom is 0.146 e. The van der Waals surface area contributed by atoms with Crippen molar-refractivity contribution in [3.8, 4) is 56.8 Å². The van der Waals surface area contributed by atoms with E-state index in [1.807, 2.05) is 120 Å². The van der Waals surface area contributed by atoms with Gasteiger partial charge in [0.2, 0.25) is 0 Å². The molecule has 2 unspecified atom stereocenters. The summed E-state index contributed by atoms with van der Waals surface area (Å²) in [7, 11) is 3.83. The summed E-state index contributed by atoms with van der Waals surface area (Å²) in [6, 6.07) is 33.2. The Balaban J connectivity index is 0.000000107. The fourth-order valence-corrected chi connectivity index (χ4v) is 19.6. The molecule has 35 nitrogen and oxygen atoms in total. The maximum atomic E-state index is 9.67. The number of likely N-dealkylation sites (N-methyl/N-ethyl adjacent to an activating group) is 2. The van der Waals surface area contributed by atoms with Gasteiger partial charge in [-0.05, 0) is 195 Å². The van der Waals surface area contributed by atoms with Crippen LogP contribution in [-0.4, -0.2) is 202 Å². The first-order valence-electron chi connectivity index (χ1n) is 46.9. The molecule has 1 aliphatic carbocycles. The summed E-state index contributed by atoms with van der Waals surface area (Å²) < 4.78 is 5.57. The highest BCUT2D eigenvalue weighted by Gasteiger charge is 2.32. The van der Waals surface area contributed by atoms with E-state index in [0.717, 1.165) is 277 Å². The third-order valence-electron chi connectivity index (χ3n) is 27.0. The first kappa shape index (κ1) is 92.1. The van der Waals surface area contributed by atoms with E-state index in [4.69, 9.17) is 24.7 Å². The quantitative estimate of drug-likeness (QED) is 0.0379. The average molecular weight is 1870 g/mol. The summed E-state index contributed by atoms with van der Waals surface area (Å²) in [6.07, 6.45) is 31.0. The molecule has 25 rings (SSSR count). The van der Waals surface area contributed by atoms with Gasteiger partial charge < -0.3 is 35.6 Å². The number of nitriles is 1. The second kappa shape index (κ2) is 39.8. The summed E-state index contributed by atoms with van der Waals surface area (Å²) in [5.41, 5.74) is 40.0. The van der Waals surface area contributed by atoms with Crippen molar-refractivity contribution in [3.63, 3.8) is 0 Å². The van der Waals surface area contributed by atoms with Crippen molar-refractivity contribution in [1.29, 1.82) is 5.26 Å². The molecule has 140 heavy (non-hydrogen) atoms. The molecule has 21 aromatic rings. The zero-order valence-corrected chi connectivity index (χ0v) is 79.8. The molecule has 18 heterocycles. The monoisotopic (exact) mass is 1870 g/mol. The molecule has 0 radical (unpaired) electrons. The number of hydrogen-bond acceptors (Lipinski definition) is 24. The van der Waals surface area contributed by atoms with Crippen LogP contribution in [0.25, 0.3) is 154 Å². The normalized spacial score (nSPS) is 13.9. The van der Waals surface area contributed by atoms with Gasteiger partial charge in [-0.2, -0.15) is 61.3 Å². The number of nitrogens with zero attached hydrogens (tertiary/aromatic N) is 19. The zero-order chi connectivity index (χ0) is 95.6. The SMILES string of the molecule is CCCC1=C(C)c2c(cc(OC)c3[nH]ncc23)NC1c1cn[nH]c1C.CCN(C)CCNC1=CC(c2cn[nH]c2C)Nc2ccc3[nH]ncc3c21.CCN(CCO)c1cc(-c2cn[nH]c2C)nc2ccc3[nH]ncc3c12.Cc1[nH]ncc1-c1ccc2c3c(ccc2n1)C=NC3.Cc1[nH]ncc1-c1ccc2ccc3cn[nH]c3c2n1.Cc1[nH]ncc1-c1nc2c(C#N)cc3[nH]ncc3c2c2c1CCCC2.F. The van der Waals surface area contributed by atoms with E-state index < -0.39 is 0 Å². The van der Waals surface area contributed by atoms with E-state index in [9.17, 15) is 10.4 Å². The average Bonchev–Trinajstić information content (AvgIpc) is 1.70. The molecule has 708 valence electrons. The van der Waals surface area contributed by atoms with Crippen molar-refractivity contribution in [1.82, 2.24) is 142 Å². The van der Waals surface area contributed by atoms with Gasteiger partial charge in [0.15, 0.2) is 0 Å². The van der Waals surface area contributed by atoms with Gasteiger partial charge in [0.25, 0.3) is 0 Å². The molecule has 4 aliphatic rings. The number of nitrogens with one attached hydrogen (secondary N) is 14. The molecule has 6 aromatic carbocycles. The van der Waals surface area contributed by atoms with Gasteiger partial charge in [-0.25, -0.2) is 19.9 Å². The number of ether oxygens (including phenoxy) is 1. The Bertz CT molecular complexity index is 8290. The Morgan fingerprint density at radius 2 is 1.09 bits per heavy atom. The molecule has 0 saturated heterocycles. The van der Waals surface area contributed by atoms with E-state index in [1.54, 1.807) is 19.5 Å². The Morgan fingerprint density at radius 1 is 0.493 bits per heavy atom. The number of benzene rings is 6. The van der Waals surface area contributed by atoms with Gasteiger partial charge in [0.05, 0.1) is 173 Å². The van der Waals surface area contributed by atoms with Crippen LogP contribution < -0.4 is 25.6 Å². The number of hydrogen-bond donors (Lipinski definition) is 15. The lowest BCUT2D eigenvalue weighted by Crippen LogP contribution is -2.30. The minimum Gasteiger partial charge on any atom is -0.494 e. The number of aromatic amines is 11. The van der Waals surface area contributed by atoms with Gasteiger partial charge in [-0.1, -0.05) is 50.6 Å². The number of methoxy groups -OCH3 is 1. The van der Waals surface area contributed by atoms with E-state index >= 15 is 0 Å². The number of rotatable bonds is 18. The number of aromatic nitrogens is 26. The Labute approximate surface area is 802 Å². The van der Waals surface area contributed by atoms with Crippen molar-refractivity contribution in [2.24, 2.45) is 4.99 Å². The number of anilines is 3. The number of allylic oxidation sites excluding steroid dienone is 1. The number of aliphatic hydroxyl groups is 1. The molecule has 36 heteroatoms. The fourth-order valence-electron chi connectivity index (χ4n) is 19.6. The van der Waals surface area contributed by atoms with Gasteiger partial charge in [0.1, 0.15) is 17.3 Å². The number of aliphatic imine (C=N–C) groups is 1. The van der Waals surface area contributed by atoms with E-state index in [1.165, 1.54) is 55.5 Å². The number of pyridine rings is 4. The molecule has 15 N–H and O–H groups in total. The first-order valence-corrected chi connectivity index (χ1v) is 46.9. The summed E-state index contributed by atoms with van der Waals surface area (Å²) in [5, 5.41) is 119. The van der Waals surface area contributed by atoms with Gasteiger partial charge in [-0.3, -0.25) is 65.8 Å². The minimum atomic E-state index is 0. The highest BCUT2D eigenvalue weighted by atomic mass is 19.0. The first-order chi connectivity index (χ1) is 68.0. The Morgan fingerprint density at radius 3 is 1.76 bits per heavy atom. The lowest BCUT2D eigenvalue weighted by atomic mass is 9.84. The van der Waals surface area contributed by atoms with Gasteiger partial charge in [0, 0.05) is 188 Å². The van der Waals surface area contributed by atoms with E-state index in [2.05, 4.69) is 264 Å². The molecule has 2 atom stereocenters. The van der Waals surface area contributed by atoms with Gasteiger partial charge in [-0.15, -0.1) is 0 Å². The third kappa shape index (κ3) is 17.5. The van der Waals surface area contributed by atoms with Crippen LogP contribution in [0.15, 0.2) is 176 Å². The fraction of sp³-hybridized carbons (Fsp3) is 0.260. The molecular weight excluding hydrogens is 1760 g/mol. The van der Waals surface area contributed by atoms with Crippen LogP contribution in [0, 0.1) is 52.9 Å². The van der Waals surface area contributed by atoms with Crippen LogP contribution in [0.4, 0.5) is 21.8 Å². The topological polar surface area (TPSA) is 475 Å². The molecule has 15 aromatic heterocycles. The second-order valence-electron chi connectivity index (χ2n) is 35.4. The number of aryl methyl sites for hydroxylation is 7.